The zero-order valence-electron chi connectivity index (χ0n) is 15.9. The van der Waals surface area contributed by atoms with E-state index in [-0.39, 0.29) is 18.0 Å². The number of rotatable bonds is 2. The molecule has 1 aliphatic heterocycles. The fourth-order valence-electron chi connectivity index (χ4n) is 2.88. The number of amides is 2. The van der Waals surface area contributed by atoms with E-state index >= 15 is 0 Å². The number of alkyl carbamates (subject to hydrolysis) is 1. The topological polar surface area (TPSA) is 99.2 Å². The Labute approximate surface area is 149 Å². The molecule has 1 aliphatic carbocycles. The highest BCUT2D eigenvalue weighted by molar-refractivity contribution is 5.73. The summed E-state index contributed by atoms with van der Waals surface area (Å²) in [6, 6.07) is 0.745. The lowest BCUT2D eigenvalue weighted by atomic mass is 9.85. The van der Waals surface area contributed by atoms with Crippen LogP contribution in [0.1, 0.15) is 47.5 Å². The number of hydrogen-bond donors (Lipinski definition) is 2. The van der Waals surface area contributed by atoms with Crippen LogP contribution in [0.15, 0.2) is 0 Å². The second kappa shape index (κ2) is 9.03. The maximum absolute atomic E-state index is 11.7. The number of carboxylic acid groups (broad SMARTS) is 1. The Morgan fingerprint density at radius 3 is 1.92 bits per heavy atom. The number of ether oxygens (including phenoxy) is 1. The first-order valence-electron chi connectivity index (χ1n) is 8.66. The number of carbonyl (C=O) groups is 3. The molecule has 2 rings (SSSR count). The Morgan fingerprint density at radius 2 is 1.52 bits per heavy atom. The van der Waals surface area contributed by atoms with Crippen LogP contribution in [0.4, 0.5) is 4.79 Å². The average Bonchev–Trinajstić information content (AvgIpc) is 2.40. The molecule has 0 aromatic heterocycles. The van der Waals surface area contributed by atoms with E-state index in [1.54, 1.807) is 6.92 Å². The Balaban J connectivity index is 0.000000705. The molecule has 1 saturated carbocycles. The fourth-order valence-corrected chi connectivity index (χ4v) is 2.88. The summed E-state index contributed by atoms with van der Waals surface area (Å²) in [4.78, 5) is 36.3. The van der Waals surface area contributed by atoms with Crippen molar-refractivity contribution in [2.75, 3.05) is 26.2 Å². The van der Waals surface area contributed by atoms with E-state index < -0.39 is 11.6 Å². The first-order valence-corrected chi connectivity index (χ1v) is 8.66. The molecular weight excluding hydrogens is 326 g/mol. The van der Waals surface area contributed by atoms with E-state index in [0.717, 1.165) is 45.9 Å². The minimum absolute atomic E-state index is 0.160. The third-order valence-corrected chi connectivity index (χ3v) is 4.11. The predicted octanol–water partition coefficient (Wildman–Crippen LogP) is 1.30. The van der Waals surface area contributed by atoms with Gasteiger partial charge in [-0.25, -0.2) is 4.79 Å². The third kappa shape index (κ3) is 8.20. The predicted molar refractivity (Wildman–Crippen MR) is 93.3 cm³/mol. The highest BCUT2D eigenvalue weighted by atomic mass is 16.6. The van der Waals surface area contributed by atoms with Gasteiger partial charge in [-0.05, 0) is 33.6 Å². The number of nitrogens with zero attached hydrogens (tertiary/aromatic N) is 2. The van der Waals surface area contributed by atoms with Crippen LogP contribution in [0.25, 0.3) is 0 Å². The molecule has 2 aliphatic rings. The number of carboxylic acids is 1. The largest absolute Gasteiger partial charge is 0.481 e. The Hall–Kier alpha value is -1.83. The van der Waals surface area contributed by atoms with Crippen LogP contribution in [0, 0.1) is 0 Å². The average molecular weight is 357 g/mol. The highest BCUT2D eigenvalue weighted by Crippen LogP contribution is 2.27. The van der Waals surface area contributed by atoms with Crippen LogP contribution in [0.3, 0.4) is 0 Å². The Kier molecular flexibility index (Phi) is 7.66. The van der Waals surface area contributed by atoms with E-state index in [2.05, 4.69) is 10.2 Å². The summed E-state index contributed by atoms with van der Waals surface area (Å²) < 4.78 is 5.26. The lowest BCUT2D eigenvalue weighted by molar-refractivity contribution is -0.134. The monoisotopic (exact) mass is 357 g/mol. The molecule has 0 aromatic carbocycles. The molecule has 25 heavy (non-hydrogen) atoms. The first kappa shape index (κ1) is 21.2. The lowest BCUT2D eigenvalue weighted by Crippen LogP contribution is -2.59. The van der Waals surface area contributed by atoms with Gasteiger partial charge in [0.2, 0.25) is 5.91 Å². The van der Waals surface area contributed by atoms with Crippen molar-refractivity contribution in [2.45, 2.75) is 65.1 Å². The molecule has 0 aromatic rings. The molecule has 8 heteroatoms. The zero-order chi connectivity index (χ0) is 19.2. The smallest absolute Gasteiger partial charge is 0.407 e. The van der Waals surface area contributed by atoms with Gasteiger partial charge in [0.1, 0.15) is 5.60 Å². The molecule has 1 saturated heterocycles. The Morgan fingerprint density at radius 1 is 1.04 bits per heavy atom. The fraction of sp³-hybridized carbons (Fsp3) is 0.824. The van der Waals surface area contributed by atoms with E-state index in [9.17, 15) is 9.59 Å². The van der Waals surface area contributed by atoms with Gasteiger partial charge in [0.05, 0.1) is 0 Å². The van der Waals surface area contributed by atoms with Crippen molar-refractivity contribution in [2.24, 2.45) is 0 Å². The summed E-state index contributed by atoms with van der Waals surface area (Å²) in [5.41, 5.74) is -0.448. The molecule has 2 fully saturated rings. The summed E-state index contributed by atoms with van der Waals surface area (Å²) >= 11 is 0. The van der Waals surface area contributed by atoms with Crippen molar-refractivity contribution in [3.8, 4) is 0 Å². The normalized spacial score (nSPS) is 23.6. The molecule has 8 nitrogen and oxygen atoms in total. The molecule has 0 bridgehead atoms. The van der Waals surface area contributed by atoms with Crippen molar-refractivity contribution in [3.63, 3.8) is 0 Å². The molecule has 0 radical (unpaired) electrons. The molecule has 1 heterocycles. The SMILES string of the molecule is CC(=O)N1CCN(C2CC(NC(=O)OC(C)(C)C)C2)CC1.CC(=O)O. The second-order valence-corrected chi connectivity index (χ2v) is 7.53. The van der Waals surface area contributed by atoms with Crippen molar-refractivity contribution in [1.82, 2.24) is 15.1 Å². The van der Waals surface area contributed by atoms with Crippen molar-refractivity contribution < 1.29 is 24.2 Å². The Bertz CT molecular complexity index is 471. The minimum atomic E-state index is -0.833. The summed E-state index contributed by atoms with van der Waals surface area (Å²) in [6.45, 7) is 11.8. The van der Waals surface area contributed by atoms with Crippen molar-refractivity contribution >= 4 is 18.0 Å². The van der Waals surface area contributed by atoms with Gasteiger partial charge in [-0.15, -0.1) is 0 Å². The van der Waals surface area contributed by atoms with E-state index in [1.165, 1.54) is 0 Å². The molecule has 0 atom stereocenters. The molecule has 2 N–H and O–H groups in total. The van der Waals surface area contributed by atoms with Gasteiger partial charge in [0.15, 0.2) is 0 Å². The summed E-state index contributed by atoms with van der Waals surface area (Å²) in [5.74, 6) is -0.673. The molecule has 2 amide bonds. The van der Waals surface area contributed by atoms with E-state index in [0.29, 0.717) is 6.04 Å². The first-order chi connectivity index (χ1) is 11.5. The third-order valence-electron chi connectivity index (χ3n) is 4.11. The van der Waals surface area contributed by atoms with E-state index in [1.807, 2.05) is 25.7 Å². The van der Waals surface area contributed by atoms with Gasteiger partial charge in [-0.3, -0.25) is 14.5 Å². The van der Waals surface area contributed by atoms with Gasteiger partial charge in [-0.1, -0.05) is 0 Å². The van der Waals surface area contributed by atoms with Crippen LogP contribution in [0.5, 0.6) is 0 Å². The van der Waals surface area contributed by atoms with Gasteiger partial charge in [0.25, 0.3) is 5.97 Å². The molecule has 0 spiro atoms. The maximum atomic E-state index is 11.7. The summed E-state index contributed by atoms with van der Waals surface area (Å²) in [6.07, 6.45) is 1.62. The molecule has 0 unspecified atom stereocenters. The summed E-state index contributed by atoms with van der Waals surface area (Å²) in [7, 11) is 0. The lowest BCUT2D eigenvalue weighted by Gasteiger charge is -2.46. The number of nitrogens with one attached hydrogen (secondary N) is 1. The number of hydrogen-bond acceptors (Lipinski definition) is 5. The van der Waals surface area contributed by atoms with Crippen molar-refractivity contribution in [3.05, 3.63) is 0 Å². The van der Waals surface area contributed by atoms with Gasteiger partial charge in [0, 0.05) is 52.1 Å². The quantitative estimate of drug-likeness (QED) is 0.773. The van der Waals surface area contributed by atoms with Crippen LogP contribution < -0.4 is 5.32 Å². The van der Waals surface area contributed by atoms with Gasteiger partial charge >= 0.3 is 6.09 Å². The van der Waals surface area contributed by atoms with Gasteiger partial charge in [-0.2, -0.15) is 0 Å². The number of carbonyl (C=O) groups excluding carboxylic acids is 2. The van der Waals surface area contributed by atoms with Crippen LogP contribution in [-0.4, -0.2) is 76.7 Å². The standard InChI is InChI=1S/C15H27N3O3.C2H4O2/c1-11(19)17-5-7-18(8-6-17)13-9-12(10-13)16-14(20)21-15(2,3)4;1-2(3)4/h12-13H,5-10H2,1-4H3,(H,16,20);1H3,(H,3,4). The second-order valence-electron chi connectivity index (χ2n) is 7.53. The number of piperazine rings is 1. The van der Waals surface area contributed by atoms with Gasteiger partial charge < -0.3 is 20.1 Å². The van der Waals surface area contributed by atoms with Crippen LogP contribution >= 0.6 is 0 Å². The van der Waals surface area contributed by atoms with Crippen LogP contribution in [-0.2, 0) is 14.3 Å². The van der Waals surface area contributed by atoms with Crippen LogP contribution in [0.2, 0.25) is 0 Å². The highest BCUT2D eigenvalue weighted by Gasteiger charge is 2.36. The number of aliphatic carboxylic acids is 1. The maximum Gasteiger partial charge on any atom is 0.407 e. The molecular formula is C17H31N3O5. The minimum Gasteiger partial charge on any atom is -0.481 e. The summed E-state index contributed by atoms with van der Waals surface area (Å²) in [5, 5.41) is 10.3. The molecule has 144 valence electrons. The van der Waals surface area contributed by atoms with Crippen molar-refractivity contribution in [1.29, 1.82) is 0 Å². The zero-order valence-corrected chi connectivity index (χ0v) is 15.9. The van der Waals surface area contributed by atoms with E-state index in [4.69, 9.17) is 14.6 Å².